The lowest BCUT2D eigenvalue weighted by Gasteiger charge is -2.10. The van der Waals surface area contributed by atoms with E-state index in [0.29, 0.717) is 24.2 Å². The first kappa shape index (κ1) is 21.0. The summed E-state index contributed by atoms with van der Waals surface area (Å²) in [6.45, 7) is 2.57. The van der Waals surface area contributed by atoms with Crippen molar-refractivity contribution in [2.75, 3.05) is 0 Å². The average molecular weight is 431 g/mol. The molecule has 0 aliphatic heterocycles. The normalized spacial score (nSPS) is 11.7. The summed E-state index contributed by atoms with van der Waals surface area (Å²) in [5.74, 6) is -1.02. The second kappa shape index (κ2) is 9.67. The summed E-state index contributed by atoms with van der Waals surface area (Å²) < 4.78 is 1.99. The first-order valence-corrected chi connectivity index (χ1v) is 11.0. The molecule has 0 bridgehead atoms. The summed E-state index contributed by atoms with van der Waals surface area (Å²) in [5.41, 5.74) is 1.88. The van der Waals surface area contributed by atoms with Gasteiger partial charge in [0.05, 0.1) is 18.4 Å². The van der Waals surface area contributed by atoms with E-state index in [2.05, 4.69) is 11.9 Å². The van der Waals surface area contributed by atoms with Crippen molar-refractivity contribution in [3.05, 3.63) is 67.6 Å². The fourth-order valence-electron chi connectivity index (χ4n) is 2.98. The highest BCUT2D eigenvalue weighted by Gasteiger charge is 2.15. The molecule has 0 unspecified atom stereocenters. The largest absolute Gasteiger partial charge is 0.478 e. The molecule has 3 rings (SSSR count). The molecular weight excluding hydrogens is 408 g/mol. The lowest BCUT2D eigenvalue weighted by Crippen LogP contribution is -2.09. The van der Waals surface area contributed by atoms with Crippen LogP contribution in [0.15, 0.2) is 40.7 Å². The number of unbranched alkanes of at least 4 members (excludes halogenated alkanes) is 1. The third-order valence-corrected chi connectivity index (χ3v) is 6.31. The number of aliphatic carboxylic acids is 1. The van der Waals surface area contributed by atoms with Crippen molar-refractivity contribution in [1.82, 2.24) is 9.55 Å². The molecule has 8 heteroatoms. The van der Waals surface area contributed by atoms with Crippen LogP contribution in [-0.4, -0.2) is 31.7 Å². The molecule has 2 N–H and O–H groups in total. The molecule has 29 heavy (non-hydrogen) atoms. The quantitative estimate of drug-likeness (QED) is 0.451. The molecule has 0 fully saturated rings. The standard InChI is InChI=1S/C21H22N2O4S2/c1-2-3-6-19-22-11-16(9-15(20(24)25)10-17-5-4-7-28-17)23(19)12-14-8-18(21(26)27)29-13-14/h4-5,7-9,11,13H,2-3,6,10,12H2,1H3,(H,24,25)(H,26,27)/b15-9+. The van der Waals surface area contributed by atoms with Gasteiger partial charge in [-0.1, -0.05) is 19.4 Å². The highest BCUT2D eigenvalue weighted by atomic mass is 32.1. The zero-order chi connectivity index (χ0) is 20.8. The lowest BCUT2D eigenvalue weighted by atomic mass is 10.1. The maximum atomic E-state index is 11.8. The van der Waals surface area contributed by atoms with Gasteiger partial charge in [0, 0.05) is 23.3 Å². The Labute approximate surface area is 176 Å². The Balaban J connectivity index is 1.94. The minimum absolute atomic E-state index is 0.288. The fourth-order valence-corrected chi connectivity index (χ4v) is 4.45. The maximum Gasteiger partial charge on any atom is 0.345 e. The molecule has 0 saturated heterocycles. The molecule has 3 aromatic rings. The number of rotatable bonds is 10. The molecule has 0 saturated carbocycles. The second-order valence-electron chi connectivity index (χ2n) is 6.64. The van der Waals surface area contributed by atoms with Crippen molar-refractivity contribution in [1.29, 1.82) is 0 Å². The Kier molecular flexibility index (Phi) is 7.00. The molecule has 0 radical (unpaired) electrons. The van der Waals surface area contributed by atoms with Crippen molar-refractivity contribution in [3.63, 3.8) is 0 Å². The molecule has 0 aromatic carbocycles. The van der Waals surface area contributed by atoms with E-state index in [-0.39, 0.29) is 4.88 Å². The number of thiophene rings is 2. The zero-order valence-electron chi connectivity index (χ0n) is 16.0. The number of carboxylic acid groups (broad SMARTS) is 2. The molecule has 3 aromatic heterocycles. The number of hydrogen-bond donors (Lipinski definition) is 2. The highest BCUT2D eigenvalue weighted by Crippen LogP contribution is 2.21. The predicted octanol–water partition coefficient (Wildman–Crippen LogP) is 4.81. The molecule has 0 spiro atoms. The van der Waals surface area contributed by atoms with Crippen LogP contribution in [-0.2, 0) is 24.2 Å². The number of aromatic nitrogens is 2. The Morgan fingerprint density at radius 1 is 1.28 bits per heavy atom. The van der Waals surface area contributed by atoms with Crippen LogP contribution in [0.3, 0.4) is 0 Å². The van der Waals surface area contributed by atoms with Crippen LogP contribution in [0.4, 0.5) is 0 Å². The van der Waals surface area contributed by atoms with Gasteiger partial charge >= 0.3 is 11.9 Å². The van der Waals surface area contributed by atoms with Crippen molar-refractivity contribution < 1.29 is 19.8 Å². The molecule has 0 atom stereocenters. The van der Waals surface area contributed by atoms with E-state index < -0.39 is 11.9 Å². The van der Waals surface area contributed by atoms with Crippen LogP contribution in [0.25, 0.3) is 6.08 Å². The summed E-state index contributed by atoms with van der Waals surface area (Å²) in [6, 6.07) is 5.49. The molecule has 152 valence electrons. The van der Waals surface area contributed by atoms with E-state index in [1.54, 1.807) is 18.3 Å². The van der Waals surface area contributed by atoms with Gasteiger partial charge in [0.15, 0.2) is 0 Å². The third kappa shape index (κ3) is 5.42. The molecule has 3 heterocycles. The van der Waals surface area contributed by atoms with Gasteiger partial charge in [0.2, 0.25) is 0 Å². The van der Waals surface area contributed by atoms with Crippen molar-refractivity contribution in [2.45, 2.75) is 39.2 Å². The van der Waals surface area contributed by atoms with Crippen molar-refractivity contribution in [3.8, 4) is 0 Å². The van der Waals surface area contributed by atoms with Crippen LogP contribution in [0.2, 0.25) is 0 Å². The fraction of sp³-hybridized carbons (Fsp3) is 0.286. The number of aromatic carboxylic acids is 1. The van der Waals surface area contributed by atoms with Gasteiger partial charge in [-0.2, -0.15) is 0 Å². The molecule has 0 aliphatic rings. The molecule has 6 nitrogen and oxygen atoms in total. The van der Waals surface area contributed by atoms with E-state index in [1.807, 2.05) is 27.5 Å². The number of imidazole rings is 1. The van der Waals surface area contributed by atoms with Gasteiger partial charge in [0.25, 0.3) is 0 Å². The van der Waals surface area contributed by atoms with Gasteiger partial charge in [0.1, 0.15) is 10.7 Å². The SMILES string of the molecule is CCCCc1ncc(/C=C(\Cc2cccs2)C(=O)O)n1Cc1csc(C(=O)O)c1. The second-order valence-corrected chi connectivity index (χ2v) is 8.59. The minimum atomic E-state index is -0.954. The Morgan fingerprint density at radius 2 is 2.10 bits per heavy atom. The Hall–Kier alpha value is -2.71. The number of carboxylic acids is 2. The van der Waals surface area contributed by atoms with Crippen LogP contribution in [0.1, 0.15) is 51.4 Å². The summed E-state index contributed by atoms with van der Waals surface area (Å²) in [4.78, 5) is 28.8. The van der Waals surface area contributed by atoms with E-state index in [9.17, 15) is 14.7 Å². The molecule has 0 aliphatic carbocycles. The third-order valence-electron chi connectivity index (χ3n) is 4.47. The Bertz CT molecular complexity index is 1020. The molecular formula is C21H22N2O4S2. The van der Waals surface area contributed by atoms with Crippen molar-refractivity contribution in [2.24, 2.45) is 0 Å². The van der Waals surface area contributed by atoms with Gasteiger partial charge in [-0.25, -0.2) is 14.6 Å². The topological polar surface area (TPSA) is 92.4 Å². The first-order valence-electron chi connectivity index (χ1n) is 9.29. The van der Waals surface area contributed by atoms with Gasteiger partial charge < -0.3 is 14.8 Å². The summed E-state index contributed by atoms with van der Waals surface area (Å²) >= 11 is 2.72. The lowest BCUT2D eigenvalue weighted by molar-refractivity contribution is -0.132. The van der Waals surface area contributed by atoms with Crippen LogP contribution in [0, 0.1) is 0 Å². The van der Waals surface area contributed by atoms with E-state index in [1.165, 1.54) is 22.7 Å². The zero-order valence-corrected chi connectivity index (χ0v) is 17.6. The minimum Gasteiger partial charge on any atom is -0.478 e. The van der Waals surface area contributed by atoms with Gasteiger partial charge in [-0.3, -0.25) is 0 Å². The predicted molar refractivity (Wildman–Crippen MR) is 115 cm³/mol. The first-order chi connectivity index (χ1) is 14.0. The van der Waals surface area contributed by atoms with Gasteiger partial charge in [-0.15, -0.1) is 22.7 Å². The maximum absolute atomic E-state index is 11.8. The van der Waals surface area contributed by atoms with E-state index >= 15 is 0 Å². The van der Waals surface area contributed by atoms with Gasteiger partial charge in [-0.05, 0) is 41.0 Å². The number of aryl methyl sites for hydroxylation is 1. The highest BCUT2D eigenvalue weighted by molar-refractivity contribution is 7.12. The van der Waals surface area contributed by atoms with Crippen LogP contribution < -0.4 is 0 Å². The van der Waals surface area contributed by atoms with Crippen LogP contribution >= 0.6 is 22.7 Å². The summed E-state index contributed by atoms with van der Waals surface area (Å²) in [7, 11) is 0. The summed E-state index contributed by atoms with van der Waals surface area (Å²) in [5, 5.41) is 22.6. The Morgan fingerprint density at radius 3 is 2.72 bits per heavy atom. The summed E-state index contributed by atoms with van der Waals surface area (Å²) in [6.07, 6.45) is 6.52. The molecule has 0 amide bonds. The van der Waals surface area contributed by atoms with E-state index in [0.717, 1.165) is 35.5 Å². The number of carbonyl (C=O) groups is 2. The average Bonchev–Trinajstić information content (AvgIpc) is 3.42. The van der Waals surface area contributed by atoms with Crippen molar-refractivity contribution >= 4 is 40.7 Å². The van der Waals surface area contributed by atoms with Crippen LogP contribution in [0.5, 0.6) is 0 Å². The smallest absolute Gasteiger partial charge is 0.345 e. The monoisotopic (exact) mass is 430 g/mol. The number of hydrogen-bond acceptors (Lipinski definition) is 5. The van der Waals surface area contributed by atoms with E-state index in [4.69, 9.17) is 5.11 Å². The number of nitrogens with zero attached hydrogens (tertiary/aromatic N) is 2.